The van der Waals surface area contributed by atoms with Gasteiger partial charge in [0.05, 0.1) is 19.4 Å². The van der Waals surface area contributed by atoms with Crippen molar-refractivity contribution in [2.45, 2.75) is 6.42 Å². The zero-order valence-corrected chi connectivity index (χ0v) is 18.7. The molecule has 29 heavy (non-hydrogen) atoms. The first-order valence-electron chi connectivity index (χ1n) is 9.58. The minimum Gasteiger partial charge on any atom is -0.494 e. The summed E-state index contributed by atoms with van der Waals surface area (Å²) in [5.41, 5.74) is 3.90. The molecule has 0 saturated heterocycles. The summed E-state index contributed by atoms with van der Waals surface area (Å²) >= 11 is 7.02. The van der Waals surface area contributed by atoms with Gasteiger partial charge in [-0.05, 0) is 62.5 Å². The van der Waals surface area contributed by atoms with Gasteiger partial charge in [0, 0.05) is 18.1 Å². The fraction of sp³-hybridized carbons (Fsp3) is 0.364. The molecule has 156 valence electrons. The van der Waals surface area contributed by atoms with Crippen LogP contribution in [-0.4, -0.2) is 61.5 Å². The summed E-state index contributed by atoms with van der Waals surface area (Å²) < 4.78 is 11.4. The van der Waals surface area contributed by atoms with Crippen molar-refractivity contribution in [3.8, 4) is 11.5 Å². The van der Waals surface area contributed by atoms with Crippen LogP contribution in [0.4, 0.5) is 0 Å². The summed E-state index contributed by atoms with van der Waals surface area (Å²) in [4.78, 5) is 2.85. The van der Waals surface area contributed by atoms with Crippen LogP contribution >= 0.6 is 24.0 Å². The predicted octanol–water partition coefficient (Wildman–Crippen LogP) is 4.08. The minimum atomic E-state index is 0.657. The van der Waals surface area contributed by atoms with Gasteiger partial charge in [0.15, 0.2) is 0 Å². The van der Waals surface area contributed by atoms with E-state index in [9.17, 15) is 0 Å². The molecule has 2 aromatic rings. The van der Waals surface area contributed by atoms with Crippen LogP contribution in [0.5, 0.6) is 11.5 Å². The van der Waals surface area contributed by atoms with Gasteiger partial charge >= 0.3 is 0 Å². The number of rotatable bonds is 13. The monoisotopic (exact) mass is 431 g/mol. The summed E-state index contributed by atoms with van der Waals surface area (Å²) in [5.74, 6) is 3.35. The van der Waals surface area contributed by atoms with Gasteiger partial charge in [-0.3, -0.25) is 5.43 Å². The molecule has 0 spiro atoms. The van der Waals surface area contributed by atoms with Crippen molar-refractivity contribution in [2.24, 2.45) is 5.10 Å². The van der Waals surface area contributed by atoms with E-state index in [2.05, 4.69) is 29.5 Å². The van der Waals surface area contributed by atoms with Crippen LogP contribution in [0.25, 0.3) is 0 Å². The van der Waals surface area contributed by atoms with Gasteiger partial charge in [0.25, 0.3) is 0 Å². The van der Waals surface area contributed by atoms with E-state index >= 15 is 0 Å². The zero-order valence-electron chi connectivity index (χ0n) is 17.0. The van der Waals surface area contributed by atoms with Gasteiger partial charge < -0.3 is 14.4 Å². The number of hydrogen-bond acceptors (Lipinski definition) is 6. The van der Waals surface area contributed by atoms with E-state index in [1.165, 1.54) is 0 Å². The number of ether oxygens (including phenoxy) is 2. The number of hydrogen-bond donors (Lipinski definition) is 1. The Labute approximate surface area is 183 Å². The van der Waals surface area contributed by atoms with Crippen LogP contribution in [0.3, 0.4) is 0 Å². The molecule has 0 heterocycles. The number of hydrazone groups is 1. The summed E-state index contributed by atoms with van der Waals surface area (Å²) in [6.07, 6.45) is 2.76. The Hall–Kier alpha value is -2.09. The first-order valence-corrected chi connectivity index (χ1v) is 11.1. The molecule has 0 amide bonds. The van der Waals surface area contributed by atoms with Crippen molar-refractivity contribution in [3.05, 3.63) is 60.2 Å². The summed E-state index contributed by atoms with van der Waals surface area (Å²) in [7, 11) is 4.12. The molecule has 0 unspecified atom stereocenters. The van der Waals surface area contributed by atoms with Crippen LogP contribution in [0.1, 0.15) is 12.0 Å². The van der Waals surface area contributed by atoms with Crippen LogP contribution in [-0.2, 0) is 0 Å². The fourth-order valence-electron chi connectivity index (χ4n) is 2.33. The van der Waals surface area contributed by atoms with Crippen molar-refractivity contribution in [3.63, 3.8) is 0 Å². The molecule has 7 heteroatoms. The van der Waals surface area contributed by atoms with E-state index in [0.717, 1.165) is 42.4 Å². The Kier molecular flexibility index (Phi) is 11.2. The highest BCUT2D eigenvalue weighted by atomic mass is 32.2. The summed E-state index contributed by atoms with van der Waals surface area (Å²) in [6, 6.07) is 17.7. The second-order valence-electron chi connectivity index (χ2n) is 6.58. The third kappa shape index (κ3) is 10.9. The topological polar surface area (TPSA) is 46.1 Å². The molecular weight excluding hydrogens is 402 g/mol. The van der Waals surface area contributed by atoms with Crippen molar-refractivity contribution in [2.75, 3.05) is 45.4 Å². The maximum atomic E-state index is 5.73. The third-order valence-corrected chi connectivity index (χ3v) is 5.14. The van der Waals surface area contributed by atoms with E-state index in [0.29, 0.717) is 17.3 Å². The predicted molar refractivity (Wildman–Crippen MR) is 128 cm³/mol. The van der Waals surface area contributed by atoms with E-state index in [1.807, 2.05) is 54.6 Å². The summed E-state index contributed by atoms with van der Waals surface area (Å²) in [5, 5.41) is 4.21. The largest absolute Gasteiger partial charge is 0.494 e. The number of benzene rings is 2. The Morgan fingerprint density at radius 2 is 1.72 bits per heavy atom. The van der Waals surface area contributed by atoms with Crippen molar-refractivity contribution >= 4 is 35.2 Å². The molecule has 0 saturated carbocycles. The number of nitrogens with one attached hydrogen (secondary N) is 1. The average molecular weight is 432 g/mol. The molecule has 0 fully saturated rings. The zero-order chi connectivity index (χ0) is 20.7. The van der Waals surface area contributed by atoms with Crippen LogP contribution in [0.15, 0.2) is 59.7 Å². The van der Waals surface area contributed by atoms with Gasteiger partial charge in [-0.2, -0.15) is 16.9 Å². The molecule has 0 aliphatic carbocycles. The van der Waals surface area contributed by atoms with Crippen molar-refractivity contribution in [1.29, 1.82) is 0 Å². The van der Waals surface area contributed by atoms with Gasteiger partial charge in [-0.1, -0.05) is 30.4 Å². The molecule has 5 nitrogen and oxygen atoms in total. The fourth-order valence-corrected chi connectivity index (χ4v) is 3.23. The van der Waals surface area contributed by atoms with Gasteiger partial charge in [0.1, 0.15) is 16.5 Å². The number of thioether (sulfide) groups is 1. The van der Waals surface area contributed by atoms with E-state index in [1.54, 1.807) is 18.0 Å². The maximum absolute atomic E-state index is 5.73. The second kappa shape index (κ2) is 14.0. The third-order valence-electron chi connectivity index (χ3n) is 3.77. The Morgan fingerprint density at radius 1 is 1.03 bits per heavy atom. The lowest BCUT2D eigenvalue weighted by atomic mass is 10.2. The first kappa shape index (κ1) is 23.2. The molecule has 0 atom stereocenters. The average Bonchev–Trinajstić information content (AvgIpc) is 2.72. The summed E-state index contributed by atoms with van der Waals surface area (Å²) in [6.45, 7) is 2.40. The van der Waals surface area contributed by atoms with Crippen LogP contribution in [0, 0.1) is 0 Å². The van der Waals surface area contributed by atoms with Crippen molar-refractivity contribution in [1.82, 2.24) is 10.3 Å². The molecule has 0 bridgehead atoms. The Morgan fingerprint density at radius 3 is 2.45 bits per heavy atom. The van der Waals surface area contributed by atoms with E-state index < -0.39 is 0 Å². The molecule has 2 aromatic carbocycles. The highest BCUT2D eigenvalue weighted by molar-refractivity contribution is 8.01. The molecule has 2 rings (SSSR count). The minimum absolute atomic E-state index is 0.657. The molecular formula is C22H29N3O2S2. The SMILES string of the molecule is CN(C)CCCOc1ccc(/C=N/NC(=S)CSCCOc2ccccc2)cc1. The van der Waals surface area contributed by atoms with Crippen LogP contribution < -0.4 is 14.9 Å². The normalized spacial score (nSPS) is 11.0. The molecule has 1 N–H and O–H groups in total. The Bertz CT molecular complexity index is 737. The number of thiocarbonyl (C=S) groups is 1. The molecule has 0 aliphatic rings. The first-order chi connectivity index (χ1) is 14.1. The lowest BCUT2D eigenvalue weighted by Gasteiger charge is -2.10. The number of para-hydroxylation sites is 1. The smallest absolute Gasteiger partial charge is 0.119 e. The molecule has 0 aromatic heterocycles. The Balaban J connectivity index is 1.56. The standard InChI is InChI=1S/C22H29N3O2S2/c1-25(2)13-6-14-26-21-11-9-19(10-12-21)17-23-24-22(28)18-29-16-15-27-20-7-4-3-5-8-20/h3-5,7-12,17H,6,13-16,18H2,1-2H3,(H,24,28)/b23-17+. The van der Waals surface area contributed by atoms with E-state index in [-0.39, 0.29) is 0 Å². The van der Waals surface area contributed by atoms with E-state index in [4.69, 9.17) is 21.7 Å². The van der Waals surface area contributed by atoms with Crippen molar-refractivity contribution < 1.29 is 9.47 Å². The second-order valence-corrected chi connectivity index (χ2v) is 8.18. The highest BCUT2D eigenvalue weighted by Crippen LogP contribution is 2.12. The number of nitrogens with zero attached hydrogens (tertiary/aromatic N) is 2. The molecule has 0 aliphatic heterocycles. The maximum Gasteiger partial charge on any atom is 0.119 e. The highest BCUT2D eigenvalue weighted by Gasteiger charge is 1.98. The van der Waals surface area contributed by atoms with Gasteiger partial charge in [-0.15, -0.1) is 0 Å². The van der Waals surface area contributed by atoms with Gasteiger partial charge in [-0.25, -0.2) is 0 Å². The quantitative estimate of drug-likeness (QED) is 0.223. The lowest BCUT2D eigenvalue weighted by Crippen LogP contribution is -2.18. The lowest BCUT2D eigenvalue weighted by molar-refractivity contribution is 0.281. The van der Waals surface area contributed by atoms with Gasteiger partial charge in [0.2, 0.25) is 0 Å². The molecule has 0 radical (unpaired) electrons. The van der Waals surface area contributed by atoms with Crippen LogP contribution in [0.2, 0.25) is 0 Å².